The highest BCUT2D eigenvalue weighted by atomic mass is 31.2. The minimum Gasteiger partial charge on any atom is -0.391 e. The van der Waals surface area contributed by atoms with Gasteiger partial charge in [-0.15, -0.1) is 0 Å². The Hall–Kier alpha value is -0.210. The molecule has 0 heterocycles. The Morgan fingerprint density at radius 1 is 0.447 bits per heavy atom. The van der Waals surface area contributed by atoms with E-state index in [-0.39, 0.29) is 82.2 Å². The van der Waals surface area contributed by atoms with Gasteiger partial charge in [0.15, 0.2) is 0 Å². The molecule has 0 fully saturated rings. The van der Waals surface area contributed by atoms with Gasteiger partial charge in [0.05, 0.1) is 77.3 Å². The van der Waals surface area contributed by atoms with Crippen LogP contribution in [0, 0.1) is 0 Å². The van der Waals surface area contributed by atoms with E-state index in [1.54, 1.807) is 13.8 Å². The number of hydrogen-bond acceptors (Lipinski definition) is 11. The van der Waals surface area contributed by atoms with E-state index in [2.05, 4.69) is 22.9 Å². The normalized spacial score (nSPS) is 12.1. The first-order valence-electron chi connectivity index (χ1n) is 15.1. The number of hydrogen-bond donors (Lipinski definition) is 5. The maximum Gasteiger partial charge on any atom is 0.472 e. The zero-order chi connectivity index (χ0) is 32.4. The number of aliphatic hydroxyl groups is 4. The van der Waals surface area contributed by atoms with Gasteiger partial charge in [0, 0.05) is 13.2 Å². The fourth-order valence-electron chi connectivity index (χ4n) is 2.12. The molecule has 0 aromatic carbocycles. The number of aliphatic hydroxyl groups excluding tert-OH is 4. The maximum atomic E-state index is 10.5. The molecule has 0 aliphatic heterocycles. The van der Waals surface area contributed by atoms with Gasteiger partial charge in [-0.3, -0.25) is 9.05 Å². The molecule has 0 aliphatic carbocycles. The first kappa shape index (κ1) is 72.5. The second-order valence-corrected chi connectivity index (χ2v) is 10.3. The zero-order valence-corrected chi connectivity index (χ0v) is 28.1. The Balaban J connectivity index is -0.0000000477. The molecule has 0 radical (unpaired) electrons. The van der Waals surface area contributed by atoms with Gasteiger partial charge in [0.1, 0.15) is 0 Å². The second kappa shape index (κ2) is 58.0. The average molecular weight is 721 g/mol. The molecular weight excluding hydrogens is 631 g/mol. The number of phosphoric ester groups is 1. The van der Waals surface area contributed by atoms with E-state index in [4.69, 9.17) is 44.3 Å². The van der Waals surface area contributed by atoms with Gasteiger partial charge >= 0.3 is 7.82 Å². The predicted molar refractivity (Wildman–Crippen MR) is 203 cm³/mol. The standard InChI is InChI=1S/C10H22O4.C8H18O3.C6H14O.C4H11O4P.6CH4/c1-3-9(11)7-13-5-6-14-8-10(12)4-2;1-3-7(9)5-11-6-8(10)4-2;1-3-5-7-6-4-2;1-3-7-9(5,6)8-4-2;;;;;;/h9-12H,3-8H2,1-2H3;7-10H,3-6H2,1-2H3;3-6H2,1-2H3;3-4H2,1-2H3,(H,5,6);6*1H4. The van der Waals surface area contributed by atoms with Crippen molar-refractivity contribution in [3.63, 3.8) is 0 Å². The van der Waals surface area contributed by atoms with E-state index in [0.717, 1.165) is 26.1 Å². The number of phosphoric acid groups is 1. The third-order valence-corrected chi connectivity index (χ3v) is 5.95. The summed E-state index contributed by atoms with van der Waals surface area (Å²) in [6.45, 7) is 19.6. The van der Waals surface area contributed by atoms with Gasteiger partial charge in [0.2, 0.25) is 0 Å². The minimum absolute atomic E-state index is 0. The maximum absolute atomic E-state index is 10.5. The summed E-state index contributed by atoms with van der Waals surface area (Å²) in [5.41, 5.74) is 0. The van der Waals surface area contributed by atoms with Crippen molar-refractivity contribution in [1.82, 2.24) is 0 Å². The Morgan fingerprint density at radius 3 is 0.915 bits per heavy atom. The molecule has 0 saturated heterocycles. The molecule has 4 unspecified atom stereocenters. The molecule has 302 valence electrons. The van der Waals surface area contributed by atoms with Crippen LogP contribution in [0.25, 0.3) is 0 Å². The highest BCUT2D eigenvalue weighted by molar-refractivity contribution is 7.47. The minimum atomic E-state index is -3.69. The summed E-state index contributed by atoms with van der Waals surface area (Å²) in [6.07, 6.45) is 3.54. The van der Waals surface area contributed by atoms with E-state index in [1.165, 1.54) is 0 Å². The van der Waals surface area contributed by atoms with Gasteiger partial charge in [0.25, 0.3) is 0 Å². The van der Waals surface area contributed by atoms with Crippen LogP contribution in [0.2, 0.25) is 0 Å². The van der Waals surface area contributed by atoms with Crippen LogP contribution in [0.1, 0.15) is 138 Å². The average Bonchev–Trinajstić information content (AvgIpc) is 2.95. The van der Waals surface area contributed by atoms with Crippen LogP contribution in [0.15, 0.2) is 0 Å². The third kappa shape index (κ3) is 72.5. The first-order valence-corrected chi connectivity index (χ1v) is 16.6. The smallest absolute Gasteiger partial charge is 0.391 e. The molecule has 0 amide bonds. The van der Waals surface area contributed by atoms with Crippen molar-refractivity contribution in [2.45, 2.75) is 163 Å². The molecule has 47 heavy (non-hydrogen) atoms. The summed E-state index contributed by atoms with van der Waals surface area (Å²) in [5, 5.41) is 36.3. The molecule has 13 heteroatoms. The van der Waals surface area contributed by atoms with E-state index in [1.807, 2.05) is 27.7 Å². The monoisotopic (exact) mass is 721 g/mol. The van der Waals surface area contributed by atoms with Gasteiger partial charge in [-0.1, -0.05) is 86.1 Å². The summed E-state index contributed by atoms with van der Waals surface area (Å²) < 4.78 is 39.7. The molecule has 0 aliphatic rings. The van der Waals surface area contributed by atoms with Crippen LogP contribution in [0.3, 0.4) is 0 Å². The van der Waals surface area contributed by atoms with E-state index < -0.39 is 7.82 Å². The number of rotatable bonds is 23. The lowest BCUT2D eigenvalue weighted by Crippen LogP contribution is -2.20. The Morgan fingerprint density at radius 2 is 0.702 bits per heavy atom. The molecule has 12 nitrogen and oxygen atoms in total. The van der Waals surface area contributed by atoms with Crippen molar-refractivity contribution in [2.24, 2.45) is 0 Å². The number of ether oxygens (including phenoxy) is 4. The molecular formula is C34H89O12P. The van der Waals surface area contributed by atoms with E-state index in [0.29, 0.717) is 65.3 Å². The van der Waals surface area contributed by atoms with Crippen molar-refractivity contribution in [3.8, 4) is 0 Å². The fourth-order valence-corrected chi connectivity index (χ4v) is 2.85. The van der Waals surface area contributed by atoms with Crippen LogP contribution in [0.4, 0.5) is 0 Å². The quantitative estimate of drug-likeness (QED) is 0.0511. The van der Waals surface area contributed by atoms with Crippen LogP contribution in [-0.2, 0) is 32.6 Å². The van der Waals surface area contributed by atoms with E-state index in [9.17, 15) is 4.57 Å². The summed E-state index contributed by atoms with van der Waals surface area (Å²) in [4.78, 5) is 8.63. The predicted octanol–water partition coefficient (Wildman–Crippen LogP) is 7.91. The lowest BCUT2D eigenvalue weighted by Gasteiger charge is -2.11. The topological polar surface area (TPSA) is 174 Å². The summed E-state index contributed by atoms with van der Waals surface area (Å²) in [7, 11) is -3.69. The lowest BCUT2D eigenvalue weighted by molar-refractivity contribution is -0.0177. The molecule has 0 saturated carbocycles. The van der Waals surface area contributed by atoms with Crippen LogP contribution in [-0.4, -0.2) is 116 Å². The van der Waals surface area contributed by atoms with Crippen molar-refractivity contribution in [2.75, 3.05) is 66.1 Å². The van der Waals surface area contributed by atoms with Crippen molar-refractivity contribution in [1.29, 1.82) is 0 Å². The van der Waals surface area contributed by atoms with Crippen molar-refractivity contribution in [3.05, 3.63) is 0 Å². The molecule has 4 atom stereocenters. The molecule has 0 aromatic rings. The largest absolute Gasteiger partial charge is 0.472 e. The molecule has 5 N–H and O–H groups in total. The molecule has 0 spiro atoms. The van der Waals surface area contributed by atoms with E-state index >= 15 is 0 Å². The molecule has 0 bridgehead atoms. The summed E-state index contributed by atoms with van der Waals surface area (Å²) in [6, 6.07) is 0. The summed E-state index contributed by atoms with van der Waals surface area (Å²) >= 11 is 0. The first-order chi connectivity index (χ1) is 19.4. The Kier molecular flexibility index (Phi) is 89.5. The Bertz CT molecular complexity index is 482. The molecule has 0 rings (SSSR count). The van der Waals surface area contributed by atoms with Gasteiger partial charge < -0.3 is 44.3 Å². The lowest BCUT2D eigenvalue weighted by atomic mass is 10.3. The van der Waals surface area contributed by atoms with Crippen LogP contribution in [0.5, 0.6) is 0 Å². The second-order valence-electron chi connectivity index (χ2n) is 8.85. The molecule has 0 aromatic heterocycles. The van der Waals surface area contributed by atoms with Gasteiger partial charge in [-0.25, -0.2) is 4.57 Å². The highest BCUT2D eigenvalue weighted by Crippen LogP contribution is 2.42. The fraction of sp³-hybridized carbons (Fsp3) is 1.00. The highest BCUT2D eigenvalue weighted by Gasteiger charge is 2.17. The van der Waals surface area contributed by atoms with Crippen LogP contribution >= 0.6 is 7.82 Å². The SMILES string of the molecule is C.C.C.C.C.C.CCC(O)COCC(O)CC.CCC(O)COCCOCC(O)CC.CCCOCCC.CCOP(=O)(O)OCC. The van der Waals surface area contributed by atoms with Crippen molar-refractivity contribution < 1.29 is 57.9 Å². The zero-order valence-electron chi connectivity index (χ0n) is 27.2. The van der Waals surface area contributed by atoms with Crippen LogP contribution < -0.4 is 0 Å². The van der Waals surface area contributed by atoms with Crippen molar-refractivity contribution >= 4 is 7.82 Å². The summed E-state index contributed by atoms with van der Waals surface area (Å²) in [5.74, 6) is 0. The van der Waals surface area contributed by atoms with Gasteiger partial charge in [-0.2, -0.15) is 0 Å². The third-order valence-electron chi connectivity index (χ3n) is 4.78. The Labute approximate surface area is 294 Å². The van der Waals surface area contributed by atoms with Gasteiger partial charge in [-0.05, 0) is 52.4 Å².